The first-order valence-electron chi connectivity index (χ1n) is 4.10. The summed E-state index contributed by atoms with van der Waals surface area (Å²) in [6.45, 7) is -0.341. The van der Waals surface area contributed by atoms with Crippen molar-refractivity contribution in [1.29, 1.82) is 0 Å². The van der Waals surface area contributed by atoms with E-state index in [1.165, 1.54) is 0 Å². The molecule has 1 aromatic carbocycles. The lowest BCUT2D eigenvalue weighted by molar-refractivity contribution is -0.143. The molecule has 15 heavy (non-hydrogen) atoms. The normalized spacial score (nSPS) is 9.13. The molecule has 0 amide bonds. The van der Waals surface area contributed by atoms with Crippen LogP contribution in [0.4, 0.5) is 5.69 Å². The zero-order valence-corrected chi connectivity index (χ0v) is 7.88. The summed E-state index contributed by atoms with van der Waals surface area (Å²) < 4.78 is 0. The van der Waals surface area contributed by atoms with E-state index in [9.17, 15) is 10.0 Å². The summed E-state index contributed by atoms with van der Waals surface area (Å²) in [5.41, 5.74) is 1.12. The highest BCUT2D eigenvalue weighted by Gasteiger charge is 2.09. The molecule has 5 nitrogen and oxygen atoms in total. The number of benzene rings is 1. The standard InChI is InChI=1S/C10H10N2O3/c1-2-8-3-5-9(6-4-8)12(14)7-10(13)15-11/h1,3-6,14H,7,11H2. The molecule has 0 spiro atoms. The second kappa shape index (κ2) is 5.00. The van der Waals surface area contributed by atoms with E-state index in [0.29, 0.717) is 11.3 Å². The van der Waals surface area contributed by atoms with Crippen molar-refractivity contribution in [3.63, 3.8) is 0 Å². The van der Waals surface area contributed by atoms with Crippen LogP contribution in [0, 0.1) is 12.3 Å². The van der Waals surface area contributed by atoms with Crippen LogP contribution in [0.1, 0.15) is 5.56 Å². The summed E-state index contributed by atoms with van der Waals surface area (Å²) in [7, 11) is 0. The Bertz CT molecular complexity index is 381. The lowest BCUT2D eigenvalue weighted by atomic mass is 10.2. The van der Waals surface area contributed by atoms with Crippen LogP contribution in [-0.2, 0) is 9.63 Å². The number of nitrogens with zero attached hydrogens (tertiary/aromatic N) is 1. The molecule has 0 saturated heterocycles. The molecule has 0 aliphatic rings. The maximum absolute atomic E-state index is 10.7. The van der Waals surface area contributed by atoms with Gasteiger partial charge in [0.05, 0.1) is 5.69 Å². The highest BCUT2D eigenvalue weighted by molar-refractivity contribution is 5.74. The molecule has 78 valence electrons. The monoisotopic (exact) mass is 206 g/mol. The molecule has 0 fully saturated rings. The van der Waals surface area contributed by atoms with Crippen LogP contribution in [-0.4, -0.2) is 17.7 Å². The Labute approximate surface area is 87.0 Å². The van der Waals surface area contributed by atoms with Crippen molar-refractivity contribution in [3.8, 4) is 12.3 Å². The van der Waals surface area contributed by atoms with E-state index in [1.807, 2.05) is 0 Å². The molecule has 0 bridgehead atoms. The second-order valence-electron chi connectivity index (χ2n) is 2.74. The first-order chi connectivity index (χ1) is 7.17. The number of rotatable bonds is 3. The van der Waals surface area contributed by atoms with Gasteiger partial charge in [0.1, 0.15) is 6.54 Å². The van der Waals surface area contributed by atoms with E-state index < -0.39 is 5.97 Å². The lowest BCUT2D eigenvalue weighted by Gasteiger charge is -2.14. The van der Waals surface area contributed by atoms with Crippen LogP contribution in [0.5, 0.6) is 0 Å². The maximum Gasteiger partial charge on any atom is 0.346 e. The van der Waals surface area contributed by atoms with Gasteiger partial charge in [-0.1, -0.05) is 5.92 Å². The molecular weight excluding hydrogens is 196 g/mol. The second-order valence-corrected chi connectivity index (χ2v) is 2.74. The molecular formula is C10H10N2O3. The van der Waals surface area contributed by atoms with Crippen molar-refractivity contribution in [1.82, 2.24) is 0 Å². The van der Waals surface area contributed by atoms with Gasteiger partial charge < -0.3 is 4.84 Å². The van der Waals surface area contributed by atoms with Crippen molar-refractivity contribution < 1.29 is 14.8 Å². The van der Waals surface area contributed by atoms with Crippen LogP contribution in [0.2, 0.25) is 0 Å². The highest BCUT2D eigenvalue weighted by Crippen LogP contribution is 2.12. The van der Waals surface area contributed by atoms with Gasteiger partial charge in [0.2, 0.25) is 0 Å². The van der Waals surface area contributed by atoms with Gasteiger partial charge in [-0.15, -0.1) is 6.42 Å². The van der Waals surface area contributed by atoms with Gasteiger partial charge in [-0.2, -0.15) is 5.90 Å². The molecule has 0 aliphatic carbocycles. The smallest absolute Gasteiger partial charge is 0.346 e. The minimum Gasteiger partial charge on any atom is -0.372 e. The number of anilines is 1. The van der Waals surface area contributed by atoms with E-state index in [2.05, 4.69) is 16.7 Å². The zero-order chi connectivity index (χ0) is 11.3. The van der Waals surface area contributed by atoms with Crippen LogP contribution < -0.4 is 11.0 Å². The van der Waals surface area contributed by atoms with Gasteiger partial charge in [0.25, 0.3) is 0 Å². The van der Waals surface area contributed by atoms with E-state index >= 15 is 0 Å². The number of carbonyl (C=O) groups excluding carboxylic acids is 1. The quantitative estimate of drug-likeness (QED) is 0.548. The lowest BCUT2D eigenvalue weighted by Crippen LogP contribution is -2.29. The molecule has 0 aromatic heterocycles. The van der Waals surface area contributed by atoms with Crippen molar-refractivity contribution >= 4 is 11.7 Å². The third-order valence-corrected chi connectivity index (χ3v) is 1.74. The van der Waals surface area contributed by atoms with Crippen LogP contribution in [0.3, 0.4) is 0 Å². The van der Waals surface area contributed by atoms with Gasteiger partial charge in [-0.25, -0.2) is 9.86 Å². The third kappa shape index (κ3) is 2.98. The van der Waals surface area contributed by atoms with Crippen molar-refractivity contribution in [3.05, 3.63) is 29.8 Å². The first-order valence-corrected chi connectivity index (χ1v) is 4.10. The molecule has 1 aromatic rings. The molecule has 0 radical (unpaired) electrons. The first kappa shape index (κ1) is 11.0. The number of carbonyl (C=O) groups is 1. The molecule has 0 unspecified atom stereocenters. The predicted octanol–water partition coefficient (Wildman–Crippen LogP) is 0.280. The predicted molar refractivity (Wildman–Crippen MR) is 53.8 cm³/mol. The van der Waals surface area contributed by atoms with Gasteiger partial charge in [0.15, 0.2) is 0 Å². The van der Waals surface area contributed by atoms with E-state index in [4.69, 9.17) is 6.42 Å². The fraction of sp³-hybridized carbons (Fsp3) is 0.100. The Kier molecular flexibility index (Phi) is 3.68. The average molecular weight is 206 g/mol. The fourth-order valence-corrected chi connectivity index (χ4v) is 0.981. The molecule has 5 heteroatoms. The number of hydrogen-bond acceptors (Lipinski definition) is 5. The topological polar surface area (TPSA) is 75.8 Å². The van der Waals surface area contributed by atoms with E-state index in [0.717, 1.165) is 5.06 Å². The molecule has 3 N–H and O–H groups in total. The zero-order valence-electron chi connectivity index (χ0n) is 7.88. The van der Waals surface area contributed by atoms with Crippen molar-refractivity contribution in [2.24, 2.45) is 5.90 Å². The number of terminal acetylenes is 1. The number of hydrogen-bond donors (Lipinski definition) is 2. The average Bonchev–Trinajstić information content (AvgIpc) is 2.29. The third-order valence-electron chi connectivity index (χ3n) is 1.74. The number of hydroxylamine groups is 1. The molecule has 0 aliphatic heterocycles. The Morgan fingerprint density at radius 1 is 1.53 bits per heavy atom. The van der Waals surface area contributed by atoms with Crippen LogP contribution in [0.25, 0.3) is 0 Å². The van der Waals surface area contributed by atoms with Crippen LogP contribution >= 0.6 is 0 Å². The Balaban J connectivity index is 2.70. The summed E-state index contributed by atoms with van der Waals surface area (Å²) >= 11 is 0. The van der Waals surface area contributed by atoms with Gasteiger partial charge >= 0.3 is 5.97 Å². The number of nitrogens with two attached hydrogens (primary N) is 1. The van der Waals surface area contributed by atoms with Gasteiger partial charge in [-0.3, -0.25) is 5.21 Å². The maximum atomic E-state index is 10.7. The van der Waals surface area contributed by atoms with Crippen LogP contribution in [0.15, 0.2) is 24.3 Å². The van der Waals surface area contributed by atoms with Crippen molar-refractivity contribution in [2.45, 2.75) is 0 Å². The molecule has 1 rings (SSSR count). The van der Waals surface area contributed by atoms with E-state index in [-0.39, 0.29) is 6.54 Å². The Morgan fingerprint density at radius 3 is 2.60 bits per heavy atom. The summed E-state index contributed by atoms with van der Waals surface area (Å²) in [6, 6.07) is 6.46. The minimum absolute atomic E-state index is 0.341. The largest absolute Gasteiger partial charge is 0.372 e. The highest BCUT2D eigenvalue weighted by atomic mass is 16.7. The molecule has 0 heterocycles. The summed E-state index contributed by atoms with van der Waals surface area (Å²) in [4.78, 5) is 14.7. The summed E-state index contributed by atoms with van der Waals surface area (Å²) in [6.07, 6.45) is 5.16. The van der Waals surface area contributed by atoms with Gasteiger partial charge in [-0.05, 0) is 24.3 Å². The summed E-state index contributed by atoms with van der Waals surface area (Å²) in [5.74, 6) is 6.33. The summed E-state index contributed by atoms with van der Waals surface area (Å²) in [5, 5.41) is 10.1. The SMILES string of the molecule is C#Cc1ccc(N(O)CC(=O)ON)cc1. The minimum atomic E-state index is -0.737. The van der Waals surface area contributed by atoms with E-state index in [1.54, 1.807) is 24.3 Å². The molecule has 0 atom stereocenters. The fourth-order valence-electron chi connectivity index (χ4n) is 0.981. The van der Waals surface area contributed by atoms with Crippen molar-refractivity contribution in [2.75, 3.05) is 11.6 Å². The Hall–Kier alpha value is -2.03. The van der Waals surface area contributed by atoms with Gasteiger partial charge in [0, 0.05) is 5.56 Å². The Morgan fingerprint density at radius 2 is 2.13 bits per heavy atom. The molecule has 0 saturated carbocycles.